The van der Waals surface area contributed by atoms with E-state index in [-0.39, 0.29) is 19.2 Å². The van der Waals surface area contributed by atoms with Crippen LogP contribution in [0.3, 0.4) is 0 Å². The average Bonchev–Trinajstić information content (AvgIpc) is 3.33. The van der Waals surface area contributed by atoms with Gasteiger partial charge >= 0.3 is 0 Å². The van der Waals surface area contributed by atoms with Crippen LogP contribution in [0, 0.1) is 6.92 Å². The van der Waals surface area contributed by atoms with Crippen LogP contribution in [0.5, 0.6) is 0 Å². The molecule has 3 heterocycles. The van der Waals surface area contributed by atoms with Crippen LogP contribution in [0.15, 0.2) is 28.7 Å². The van der Waals surface area contributed by atoms with Crippen molar-refractivity contribution < 1.29 is 19.1 Å². The van der Waals surface area contributed by atoms with E-state index in [1.807, 2.05) is 4.57 Å². The van der Waals surface area contributed by atoms with E-state index < -0.39 is 0 Å². The number of carbonyl (C=O) groups is 1. The van der Waals surface area contributed by atoms with Gasteiger partial charge in [0, 0.05) is 26.3 Å². The molecule has 0 aliphatic carbocycles. The summed E-state index contributed by atoms with van der Waals surface area (Å²) in [5.74, 6) is 0.947. The Morgan fingerprint density at radius 2 is 2.21 bits per heavy atom. The second-order valence-electron chi connectivity index (χ2n) is 6.10. The molecule has 0 spiro atoms. The first-order valence-electron chi connectivity index (χ1n) is 8.61. The molecule has 10 heteroatoms. The maximum absolute atomic E-state index is 12.7. The lowest BCUT2D eigenvalue weighted by molar-refractivity contribution is 0.103. The molecule has 0 radical (unpaired) electrons. The smallest absolute Gasteiger partial charge is 0.265 e. The fourth-order valence-electron chi connectivity index (χ4n) is 2.90. The van der Waals surface area contributed by atoms with Crippen molar-refractivity contribution >= 4 is 50.3 Å². The van der Waals surface area contributed by atoms with Gasteiger partial charge in [-0.15, -0.1) is 11.3 Å². The second-order valence-corrected chi connectivity index (χ2v) is 7.13. The van der Waals surface area contributed by atoms with Gasteiger partial charge in [0.15, 0.2) is 11.5 Å². The minimum absolute atomic E-state index is 0.00344. The first kappa shape index (κ1) is 18.4. The van der Waals surface area contributed by atoms with Crippen molar-refractivity contribution in [2.45, 2.75) is 13.7 Å². The molecule has 0 bridgehead atoms. The standard InChI is InChI=1S/C18H19N5O4S/c1-10-20-12-7-11(3-4-14(12)27-10)21-16(25)15-8-13-17(28-15)22-18(19-5-6-24)23(13)9-26-2/h3-4,7-8,24H,5-6,9H2,1-2H3,(H,19,22)(H,21,25). The molecule has 0 aliphatic rings. The molecule has 4 aromatic rings. The van der Waals surface area contributed by atoms with Crippen molar-refractivity contribution in [2.75, 3.05) is 30.9 Å². The molecule has 3 N–H and O–H groups in total. The third-order valence-electron chi connectivity index (χ3n) is 4.08. The molecule has 0 aliphatic heterocycles. The summed E-state index contributed by atoms with van der Waals surface area (Å²) >= 11 is 1.29. The highest BCUT2D eigenvalue weighted by Gasteiger charge is 2.18. The lowest BCUT2D eigenvalue weighted by Gasteiger charge is -2.08. The molecule has 0 unspecified atom stereocenters. The third kappa shape index (κ3) is 3.44. The predicted molar refractivity (Wildman–Crippen MR) is 107 cm³/mol. The average molecular weight is 401 g/mol. The van der Waals surface area contributed by atoms with Gasteiger partial charge < -0.3 is 24.9 Å². The SMILES string of the molecule is COCn1c(NCCO)nc2sc(C(=O)Nc3ccc4oc(C)nc4c3)cc21. The number of amides is 1. The molecule has 4 rings (SSSR count). The molecule has 1 aromatic carbocycles. The van der Waals surface area contributed by atoms with Gasteiger partial charge in [-0.25, -0.2) is 9.97 Å². The Balaban J connectivity index is 1.59. The minimum Gasteiger partial charge on any atom is -0.441 e. The number of methoxy groups -OCH3 is 1. The number of ether oxygens (including phenoxy) is 1. The Morgan fingerprint density at radius 1 is 1.36 bits per heavy atom. The summed E-state index contributed by atoms with van der Waals surface area (Å²) in [7, 11) is 1.59. The Labute approximate surface area is 164 Å². The number of aromatic nitrogens is 3. The van der Waals surface area contributed by atoms with E-state index in [2.05, 4.69) is 20.6 Å². The number of thiophene rings is 1. The van der Waals surface area contributed by atoms with Gasteiger partial charge in [0.25, 0.3) is 5.91 Å². The van der Waals surface area contributed by atoms with Gasteiger partial charge in [0.05, 0.1) is 17.0 Å². The molecule has 0 saturated heterocycles. The molecule has 28 heavy (non-hydrogen) atoms. The van der Waals surface area contributed by atoms with Crippen molar-refractivity contribution in [1.29, 1.82) is 0 Å². The van der Waals surface area contributed by atoms with E-state index >= 15 is 0 Å². The second kappa shape index (κ2) is 7.58. The number of carbonyl (C=O) groups excluding carboxylic acids is 1. The number of hydrogen-bond acceptors (Lipinski definition) is 8. The summed E-state index contributed by atoms with van der Waals surface area (Å²) in [5, 5.41) is 14.9. The fourth-order valence-corrected chi connectivity index (χ4v) is 3.83. The molecule has 3 aromatic heterocycles. The van der Waals surface area contributed by atoms with Crippen molar-refractivity contribution in [3.8, 4) is 0 Å². The van der Waals surface area contributed by atoms with Gasteiger partial charge in [-0.3, -0.25) is 9.36 Å². The third-order valence-corrected chi connectivity index (χ3v) is 5.09. The maximum Gasteiger partial charge on any atom is 0.265 e. The lowest BCUT2D eigenvalue weighted by atomic mass is 10.3. The highest BCUT2D eigenvalue weighted by Crippen LogP contribution is 2.29. The Bertz CT molecular complexity index is 1150. The summed E-state index contributed by atoms with van der Waals surface area (Å²) in [6.07, 6.45) is 0. The largest absolute Gasteiger partial charge is 0.441 e. The number of nitrogens with zero attached hydrogens (tertiary/aromatic N) is 3. The topological polar surface area (TPSA) is 114 Å². The van der Waals surface area contributed by atoms with Gasteiger partial charge in [-0.2, -0.15) is 0 Å². The number of anilines is 2. The molecule has 146 valence electrons. The van der Waals surface area contributed by atoms with Crippen molar-refractivity contribution in [3.63, 3.8) is 0 Å². The number of hydrogen-bond donors (Lipinski definition) is 3. The zero-order chi connectivity index (χ0) is 19.7. The highest BCUT2D eigenvalue weighted by molar-refractivity contribution is 7.20. The molecule has 0 saturated carbocycles. The van der Waals surface area contributed by atoms with Crippen LogP contribution in [0.1, 0.15) is 15.6 Å². The number of fused-ring (bicyclic) bond motifs is 2. The van der Waals surface area contributed by atoms with Crippen LogP contribution in [0.25, 0.3) is 21.4 Å². The minimum atomic E-state index is -0.226. The van der Waals surface area contributed by atoms with E-state index in [0.29, 0.717) is 44.9 Å². The van der Waals surface area contributed by atoms with E-state index in [4.69, 9.17) is 14.3 Å². The molecule has 1 amide bonds. The number of benzene rings is 1. The number of aryl methyl sites for hydroxylation is 1. The highest BCUT2D eigenvalue weighted by atomic mass is 32.1. The number of nitrogens with one attached hydrogen (secondary N) is 2. The number of aliphatic hydroxyl groups excluding tert-OH is 1. The predicted octanol–water partition coefficient (Wildman–Crippen LogP) is 2.81. The molecular weight excluding hydrogens is 382 g/mol. The molecule has 0 fully saturated rings. The monoisotopic (exact) mass is 401 g/mol. The van der Waals surface area contributed by atoms with Crippen molar-refractivity contribution in [1.82, 2.24) is 14.5 Å². The summed E-state index contributed by atoms with van der Waals surface area (Å²) in [5.41, 5.74) is 2.81. The fraction of sp³-hybridized carbons (Fsp3) is 0.278. The first-order chi connectivity index (χ1) is 13.6. The molecule has 9 nitrogen and oxygen atoms in total. The van der Waals surface area contributed by atoms with Crippen LogP contribution < -0.4 is 10.6 Å². The van der Waals surface area contributed by atoms with Crippen LogP contribution in [-0.4, -0.2) is 45.8 Å². The van der Waals surface area contributed by atoms with Crippen LogP contribution in [-0.2, 0) is 11.5 Å². The van der Waals surface area contributed by atoms with Crippen LogP contribution >= 0.6 is 11.3 Å². The summed E-state index contributed by atoms with van der Waals surface area (Å²) in [6, 6.07) is 7.11. The number of rotatable bonds is 7. The number of imidazole rings is 1. The van der Waals surface area contributed by atoms with Crippen molar-refractivity contribution in [3.05, 3.63) is 35.0 Å². The Morgan fingerprint density at radius 3 is 3.00 bits per heavy atom. The number of aliphatic hydroxyl groups is 1. The lowest BCUT2D eigenvalue weighted by Crippen LogP contribution is -2.12. The Hall–Kier alpha value is -2.95. The van der Waals surface area contributed by atoms with Gasteiger partial charge in [-0.05, 0) is 24.3 Å². The molecular formula is C18H19N5O4S. The summed E-state index contributed by atoms with van der Waals surface area (Å²) in [4.78, 5) is 22.7. The summed E-state index contributed by atoms with van der Waals surface area (Å²) < 4.78 is 12.5. The zero-order valence-electron chi connectivity index (χ0n) is 15.4. The van der Waals surface area contributed by atoms with Gasteiger partial charge in [0.2, 0.25) is 5.95 Å². The van der Waals surface area contributed by atoms with Gasteiger partial charge in [-0.1, -0.05) is 0 Å². The Kier molecular flexibility index (Phi) is 4.99. The van der Waals surface area contributed by atoms with Crippen LogP contribution in [0.2, 0.25) is 0 Å². The van der Waals surface area contributed by atoms with Gasteiger partial charge in [0.1, 0.15) is 17.1 Å². The quantitative estimate of drug-likeness (QED) is 0.436. The summed E-state index contributed by atoms with van der Waals surface area (Å²) in [6.45, 7) is 2.44. The van der Waals surface area contributed by atoms with Crippen molar-refractivity contribution in [2.24, 2.45) is 0 Å². The molecule has 0 atom stereocenters. The number of oxazole rings is 1. The van der Waals surface area contributed by atoms with E-state index in [1.165, 1.54) is 11.3 Å². The first-order valence-corrected chi connectivity index (χ1v) is 9.43. The zero-order valence-corrected chi connectivity index (χ0v) is 16.2. The normalized spacial score (nSPS) is 11.4. The van der Waals surface area contributed by atoms with E-state index in [1.54, 1.807) is 38.3 Å². The van der Waals surface area contributed by atoms with E-state index in [9.17, 15) is 4.79 Å². The maximum atomic E-state index is 12.7. The van der Waals surface area contributed by atoms with Crippen LogP contribution in [0.4, 0.5) is 11.6 Å². The van der Waals surface area contributed by atoms with E-state index in [0.717, 1.165) is 5.52 Å².